The fourth-order valence-electron chi connectivity index (χ4n) is 1.49. The molecule has 1 aromatic heterocycles. The van der Waals surface area contributed by atoms with E-state index in [2.05, 4.69) is 15.0 Å². The summed E-state index contributed by atoms with van der Waals surface area (Å²) in [5, 5.41) is 0. The second-order valence-electron chi connectivity index (χ2n) is 3.71. The van der Waals surface area contributed by atoms with Crippen molar-refractivity contribution in [2.75, 3.05) is 5.73 Å². The van der Waals surface area contributed by atoms with Gasteiger partial charge in [-0.05, 0) is 25.5 Å². The Morgan fingerprint density at radius 1 is 1.12 bits per heavy atom. The van der Waals surface area contributed by atoms with E-state index < -0.39 is 0 Å². The molecule has 17 heavy (non-hydrogen) atoms. The van der Waals surface area contributed by atoms with Crippen LogP contribution in [-0.4, -0.2) is 15.0 Å². The summed E-state index contributed by atoms with van der Waals surface area (Å²) in [6.07, 6.45) is 0. The predicted octanol–water partition coefficient (Wildman–Crippen LogP) is 1.65. The molecule has 1 aromatic carbocycles. The highest BCUT2D eigenvalue weighted by atomic mass is 16.5. The van der Waals surface area contributed by atoms with E-state index in [1.165, 1.54) is 0 Å². The second-order valence-corrected chi connectivity index (χ2v) is 3.71. The third-order valence-electron chi connectivity index (χ3n) is 2.26. The molecular weight excluding hydrogens is 216 g/mol. The maximum atomic E-state index is 5.62. The van der Waals surface area contributed by atoms with E-state index in [0.29, 0.717) is 18.3 Å². The Bertz CT molecular complexity index is 507. The van der Waals surface area contributed by atoms with E-state index in [0.717, 1.165) is 11.3 Å². The number of aryl methyl sites for hydroxylation is 2. The highest BCUT2D eigenvalue weighted by Crippen LogP contribution is 2.17. The van der Waals surface area contributed by atoms with Crippen LogP contribution in [0.2, 0.25) is 0 Å². The molecule has 2 rings (SSSR count). The Morgan fingerprint density at radius 2 is 1.88 bits per heavy atom. The lowest BCUT2D eigenvalue weighted by molar-refractivity contribution is 0.293. The molecule has 88 valence electrons. The fraction of sp³-hybridized carbons (Fsp3) is 0.250. The Kier molecular flexibility index (Phi) is 3.18. The summed E-state index contributed by atoms with van der Waals surface area (Å²) in [5.74, 6) is 2.18. The molecule has 0 aliphatic carbocycles. The molecule has 2 aromatic rings. The van der Waals surface area contributed by atoms with Crippen molar-refractivity contribution in [1.29, 1.82) is 0 Å². The average molecular weight is 230 g/mol. The molecule has 0 radical (unpaired) electrons. The fourth-order valence-corrected chi connectivity index (χ4v) is 1.49. The summed E-state index contributed by atoms with van der Waals surface area (Å²) < 4.78 is 5.62. The molecule has 0 saturated heterocycles. The lowest BCUT2D eigenvalue weighted by Gasteiger charge is -2.08. The number of anilines is 1. The monoisotopic (exact) mass is 230 g/mol. The Labute approximate surface area is 99.7 Å². The van der Waals surface area contributed by atoms with Crippen LogP contribution in [0.25, 0.3) is 0 Å². The molecule has 0 atom stereocenters. The van der Waals surface area contributed by atoms with Gasteiger partial charge in [-0.3, -0.25) is 0 Å². The van der Waals surface area contributed by atoms with Crippen molar-refractivity contribution in [3.05, 3.63) is 41.5 Å². The van der Waals surface area contributed by atoms with Gasteiger partial charge >= 0.3 is 0 Å². The van der Waals surface area contributed by atoms with Crippen molar-refractivity contribution in [1.82, 2.24) is 15.0 Å². The number of nitrogens with zero attached hydrogens (tertiary/aromatic N) is 3. The summed E-state index contributed by atoms with van der Waals surface area (Å²) in [6, 6.07) is 7.79. The number of rotatable bonds is 3. The third-order valence-corrected chi connectivity index (χ3v) is 2.26. The Hall–Kier alpha value is -2.17. The largest absolute Gasteiger partial charge is 0.485 e. The number of hydrogen-bond donors (Lipinski definition) is 1. The number of ether oxygens (including phenoxy) is 1. The smallest absolute Gasteiger partial charge is 0.223 e. The standard InChI is InChI=1S/C12H14N4O/c1-8-5-3-4-6-10(8)17-7-11-14-9(2)15-12(13)16-11/h3-6H,7H2,1-2H3,(H2,13,14,15,16). The Morgan fingerprint density at radius 3 is 2.59 bits per heavy atom. The van der Waals surface area contributed by atoms with Crippen molar-refractivity contribution in [3.8, 4) is 5.75 Å². The van der Waals surface area contributed by atoms with E-state index in [9.17, 15) is 0 Å². The zero-order valence-corrected chi connectivity index (χ0v) is 9.84. The SMILES string of the molecule is Cc1nc(N)nc(COc2ccccc2C)n1. The molecular formula is C12H14N4O. The van der Waals surface area contributed by atoms with Gasteiger partial charge in [-0.1, -0.05) is 18.2 Å². The molecule has 0 aliphatic rings. The summed E-state index contributed by atoms with van der Waals surface area (Å²) >= 11 is 0. The predicted molar refractivity (Wildman–Crippen MR) is 64.5 cm³/mol. The lowest BCUT2D eigenvalue weighted by atomic mass is 10.2. The Balaban J connectivity index is 2.10. The molecule has 1 heterocycles. The van der Waals surface area contributed by atoms with Gasteiger partial charge in [-0.2, -0.15) is 9.97 Å². The van der Waals surface area contributed by atoms with Crippen LogP contribution in [0, 0.1) is 13.8 Å². The second kappa shape index (κ2) is 4.78. The van der Waals surface area contributed by atoms with E-state index in [-0.39, 0.29) is 5.95 Å². The summed E-state index contributed by atoms with van der Waals surface area (Å²) in [4.78, 5) is 12.1. The van der Waals surface area contributed by atoms with E-state index >= 15 is 0 Å². The summed E-state index contributed by atoms with van der Waals surface area (Å²) in [7, 11) is 0. The van der Waals surface area contributed by atoms with Crippen LogP contribution in [0.15, 0.2) is 24.3 Å². The first-order valence-electron chi connectivity index (χ1n) is 5.30. The van der Waals surface area contributed by atoms with Crippen molar-refractivity contribution < 1.29 is 4.74 Å². The zero-order valence-electron chi connectivity index (χ0n) is 9.84. The van der Waals surface area contributed by atoms with Crippen molar-refractivity contribution in [3.63, 3.8) is 0 Å². The van der Waals surface area contributed by atoms with Crippen molar-refractivity contribution >= 4 is 5.95 Å². The van der Waals surface area contributed by atoms with Gasteiger partial charge in [0.15, 0.2) is 5.82 Å². The van der Waals surface area contributed by atoms with Gasteiger partial charge in [-0.15, -0.1) is 0 Å². The number of benzene rings is 1. The van der Waals surface area contributed by atoms with Gasteiger partial charge in [0, 0.05) is 0 Å². The molecule has 0 spiro atoms. The van der Waals surface area contributed by atoms with Crippen molar-refractivity contribution in [2.24, 2.45) is 0 Å². The lowest BCUT2D eigenvalue weighted by Crippen LogP contribution is -2.08. The van der Waals surface area contributed by atoms with Gasteiger partial charge in [0.05, 0.1) is 0 Å². The molecule has 0 aliphatic heterocycles. The van der Waals surface area contributed by atoms with Crippen LogP contribution >= 0.6 is 0 Å². The van der Waals surface area contributed by atoms with Gasteiger partial charge in [-0.25, -0.2) is 4.98 Å². The first-order valence-corrected chi connectivity index (χ1v) is 5.30. The number of nitrogen functional groups attached to an aromatic ring is 1. The normalized spacial score (nSPS) is 10.2. The minimum absolute atomic E-state index is 0.223. The first kappa shape index (κ1) is 11.3. The van der Waals surface area contributed by atoms with Crippen LogP contribution in [-0.2, 0) is 6.61 Å². The molecule has 2 N–H and O–H groups in total. The van der Waals surface area contributed by atoms with Crippen LogP contribution < -0.4 is 10.5 Å². The number of hydrogen-bond acceptors (Lipinski definition) is 5. The van der Waals surface area contributed by atoms with E-state index in [4.69, 9.17) is 10.5 Å². The van der Waals surface area contributed by atoms with Crippen LogP contribution in [0.1, 0.15) is 17.2 Å². The molecule has 0 amide bonds. The quantitative estimate of drug-likeness (QED) is 0.867. The van der Waals surface area contributed by atoms with Crippen LogP contribution in [0.5, 0.6) is 5.75 Å². The maximum Gasteiger partial charge on any atom is 0.223 e. The highest BCUT2D eigenvalue weighted by molar-refractivity contribution is 5.31. The molecule has 0 bridgehead atoms. The first-order chi connectivity index (χ1) is 8.15. The minimum atomic E-state index is 0.223. The van der Waals surface area contributed by atoms with Crippen molar-refractivity contribution in [2.45, 2.75) is 20.5 Å². The van der Waals surface area contributed by atoms with Gasteiger partial charge in [0.1, 0.15) is 18.2 Å². The van der Waals surface area contributed by atoms with Crippen LogP contribution in [0.4, 0.5) is 5.95 Å². The molecule has 0 fully saturated rings. The number of nitrogens with two attached hydrogens (primary N) is 1. The van der Waals surface area contributed by atoms with Gasteiger partial charge in [0.2, 0.25) is 5.95 Å². The number of aromatic nitrogens is 3. The minimum Gasteiger partial charge on any atom is -0.485 e. The number of para-hydroxylation sites is 1. The van der Waals surface area contributed by atoms with E-state index in [1.54, 1.807) is 6.92 Å². The van der Waals surface area contributed by atoms with E-state index in [1.807, 2.05) is 31.2 Å². The summed E-state index contributed by atoms with van der Waals surface area (Å²) in [5.41, 5.74) is 6.62. The maximum absolute atomic E-state index is 5.62. The molecule has 5 heteroatoms. The topological polar surface area (TPSA) is 73.9 Å². The summed E-state index contributed by atoms with van der Waals surface area (Å²) in [6.45, 7) is 4.05. The third kappa shape index (κ3) is 2.90. The zero-order chi connectivity index (χ0) is 12.3. The average Bonchev–Trinajstić information content (AvgIpc) is 2.27. The molecule has 0 saturated carbocycles. The van der Waals surface area contributed by atoms with Gasteiger partial charge in [0.25, 0.3) is 0 Å². The molecule has 5 nitrogen and oxygen atoms in total. The molecule has 0 unspecified atom stereocenters. The van der Waals surface area contributed by atoms with Gasteiger partial charge < -0.3 is 10.5 Å². The van der Waals surface area contributed by atoms with Crippen LogP contribution in [0.3, 0.4) is 0 Å². The highest BCUT2D eigenvalue weighted by Gasteiger charge is 2.03.